The van der Waals surface area contributed by atoms with E-state index < -0.39 is 20.0 Å². The molecule has 1 N–H and O–H groups in total. The van der Waals surface area contributed by atoms with Crippen LogP contribution in [0.4, 0.5) is 11.4 Å². The average Bonchev–Trinajstić information content (AvgIpc) is 2.97. The van der Waals surface area contributed by atoms with Crippen molar-refractivity contribution >= 4 is 43.0 Å². The number of sulfonamides is 2. The van der Waals surface area contributed by atoms with E-state index in [2.05, 4.69) is 4.72 Å². The lowest BCUT2D eigenvalue weighted by Crippen LogP contribution is -2.25. The van der Waals surface area contributed by atoms with Gasteiger partial charge in [-0.3, -0.25) is 9.03 Å². The van der Waals surface area contributed by atoms with Gasteiger partial charge in [0.15, 0.2) is 0 Å². The number of rotatable bonds is 5. The molecular formula is C18H21ClN2O5S2. The number of ether oxygens (including phenoxy) is 1. The Morgan fingerprint density at radius 2 is 1.86 bits per heavy atom. The summed E-state index contributed by atoms with van der Waals surface area (Å²) in [7, 11) is -5.84. The smallest absolute Gasteiger partial charge is 0.262 e. The highest BCUT2D eigenvalue weighted by Gasteiger charge is 2.29. The SMILES string of the molecule is COc1cc(N2CCCS2(=O)=O)ccc1NS(=O)(=O)c1cc(C)c(Cl)cc1C. The Balaban J connectivity index is 1.97. The highest BCUT2D eigenvalue weighted by Crippen LogP contribution is 2.34. The molecular weight excluding hydrogens is 424 g/mol. The number of anilines is 2. The third kappa shape index (κ3) is 3.92. The number of nitrogens with zero attached hydrogens (tertiary/aromatic N) is 1. The summed E-state index contributed by atoms with van der Waals surface area (Å²) in [4.78, 5) is 0.114. The molecule has 0 radical (unpaired) electrons. The summed E-state index contributed by atoms with van der Waals surface area (Å²) < 4.78 is 59.1. The second kappa shape index (κ2) is 7.46. The molecule has 2 aromatic rings. The largest absolute Gasteiger partial charge is 0.494 e. The summed E-state index contributed by atoms with van der Waals surface area (Å²) >= 11 is 6.06. The molecule has 0 aliphatic carbocycles. The first kappa shape index (κ1) is 20.8. The van der Waals surface area contributed by atoms with Crippen LogP contribution in [0.2, 0.25) is 5.02 Å². The zero-order chi connectivity index (χ0) is 20.7. The first-order valence-electron chi connectivity index (χ1n) is 8.53. The van der Waals surface area contributed by atoms with E-state index in [9.17, 15) is 16.8 Å². The Bertz CT molecular complexity index is 1130. The van der Waals surface area contributed by atoms with E-state index in [1.54, 1.807) is 26.0 Å². The molecule has 0 amide bonds. The number of hydrogen-bond donors (Lipinski definition) is 1. The molecule has 1 aliphatic heterocycles. The number of hydrogen-bond acceptors (Lipinski definition) is 5. The molecule has 3 rings (SSSR count). The van der Waals surface area contributed by atoms with Gasteiger partial charge in [-0.1, -0.05) is 11.6 Å². The second-order valence-corrected chi connectivity index (χ2v) is 10.7. The van der Waals surface area contributed by atoms with Gasteiger partial charge in [0.05, 0.1) is 29.1 Å². The van der Waals surface area contributed by atoms with Crippen molar-refractivity contribution in [3.63, 3.8) is 0 Å². The Labute approximate surface area is 170 Å². The van der Waals surface area contributed by atoms with Gasteiger partial charge in [0, 0.05) is 17.6 Å². The summed E-state index contributed by atoms with van der Waals surface area (Å²) in [5, 5.41) is 0.491. The van der Waals surface area contributed by atoms with Crippen molar-refractivity contribution in [1.82, 2.24) is 0 Å². The second-order valence-electron chi connectivity index (χ2n) is 6.60. The zero-order valence-corrected chi connectivity index (χ0v) is 18.1. The van der Waals surface area contributed by atoms with Crippen LogP contribution in [0, 0.1) is 13.8 Å². The molecule has 152 valence electrons. The zero-order valence-electron chi connectivity index (χ0n) is 15.7. The fourth-order valence-electron chi connectivity index (χ4n) is 3.09. The van der Waals surface area contributed by atoms with Gasteiger partial charge in [-0.2, -0.15) is 0 Å². The minimum atomic E-state index is -3.89. The van der Waals surface area contributed by atoms with Crippen LogP contribution in [-0.4, -0.2) is 36.2 Å². The molecule has 10 heteroatoms. The Morgan fingerprint density at radius 1 is 1.14 bits per heavy atom. The van der Waals surface area contributed by atoms with Crippen LogP contribution >= 0.6 is 11.6 Å². The predicted octanol–water partition coefficient (Wildman–Crippen LogP) is 3.31. The van der Waals surface area contributed by atoms with Gasteiger partial charge in [0.25, 0.3) is 10.0 Å². The van der Waals surface area contributed by atoms with E-state index in [1.165, 1.54) is 29.6 Å². The van der Waals surface area contributed by atoms with Gasteiger partial charge < -0.3 is 4.74 Å². The maximum Gasteiger partial charge on any atom is 0.262 e. The van der Waals surface area contributed by atoms with Gasteiger partial charge >= 0.3 is 0 Å². The van der Waals surface area contributed by atoms with Crippen molar-refractivity contribution in [2.24, 2.45) is 0 Å². The van der Waals surface area contributed by atoms with Crippen molar-refractivity contribution in [3.05, 3.63) is 46.5 Å². The van der Waals surface area contributed by atoms with Crippen molar-refractivity contribution in [3.8, 4) is 5.75 Å². The highest BCUT2D eigenvalue weighted by atomic mass is 35.5. The number of aryl methyl sites for hydroxylation is 2. The summed E-state index contributed by atoms with van der Waals surface area (Å²) in [6.07, 6.45) is 0.550. The average molecular weight is 445 g/mol. The summed E-state index contributed by atoms with van der Waals surface area (Å²) in [6.45, 7) is 3.78. The van der Waals surface area contributed by atoms with E-state index in [0.717, 1.165) is 0 Å². The Morgan fingerprint density at radius 3 is 2.46 bits per heavy atom. The van der Waals surface area contributed by atoms with Gasteiger partial charge in [-0.05, 0) is 55.7 Å². The lowest BCUT2D eigenvalue weighted by molar-refractivity contribution is 0.417. The van der Waals surface area contributed by atoms with E-state index in [0.29, 0.717) is 34.8 Å². The number of benzene rings is 2. The first-order valence-corrected chi connectivity index (χ1v) is 12.0. The van der Waals surface area contributed by atoms with Crippen LogP contribution < -0.4 is 13.8 Å². The van der Waals surface area contributed by atoms with Crippen molar-refractivity contribution in [1.29, 1.82) is 0 Å². The summed E-state index contributed by atoms with van der Waals surface area (Å²) in [5.41, 5.74) is 1.82. The molecule has 1 aliphatic rings. The Hall–Kier alpha value is -1.97. The summed E-state index contributed by atoms with van der Waals surface area (Å²) in [5.74, 6) is 0.324. The van der Waals surface area contributed by atoms with E-state index >= 15 is 0 Å². The molecule has 7 nitrogen and oxygen atoms in total. The molecule has 0 unspecified atom stereocenters. The van der Waals surface area contributed by atoms with Crippen molar-refractivity contribution < 1.29 is 21.6 Å². The van der Waals surface area contributed by atoms with Crippen LogP contribution in [0.3, 0.4) is 0 Å². The van der Waals surface area contributed by atoms with Crippen LogP contribution in [0.1, 0.15) is 17.5 Å². The third-order valence-corrected chi connectivity index (χ3v) is 8.35. The normalized spacial score (nSPS) is 16.2. The monoisotopic (exact) mass is 444 g/mol. The lowest BCUT2D eigenvalue weighted by atomic mass is 10.2. The first-order chi connectivity index (χ1) is 13.0. The molecule has 0 atom stereocenters. The van der Waals surface area contributed by atoms with Crippen LogP contribution in [0.15, 0.2) is 35.2 Å². The molecule has 0 bridgehead atoms. The quantitative estimate of drug-likeness (QED) is 0.763. The molecule has 1 saturated heterocycles. The maximum absolute atomic E-state index is 12.9. The molecule has 1 fully saturated rings. The summed E-state index contributed by atoms with van der Waals surface area (Å²) in [6, 6.07) is 7.68. The van der Waals surface area contributed by atoms with E-state index in [4.69, 9.17) is 16.3 Å². The standard InChI is InChI=1S/C18H21ClN2O5S2/c1-12-10-18(13(2)9-15(12)19)28(24,25)20-16-6-5-14(11-17(16)26-3)21-7-4-8-27(21,22)23/h5-6,9-11,20H,4,7-8H2,1-3H3. The van der Waals surface area contributed by atoms with E-state index in [-0.39, 0.29) is 22.1 Å². The Kier molecular flexibility index (Phi) is 5.53. The van der Waals surface area contributed by atoms with Gasteiger partial charge in [-0.25, -0.2) is 16.8 Å². The number of halogens is 1. The molecule has 1 heterocycles. The van der Waals surface area contributed by atoms with Gasteiger partial charge in [-0.15, -0.1) is 0 Å². The van der Waals surface area contributed by atoms with Gasteiger partial charge in [0.2, 0.25) is 10.0 Å². The number of methoxy groups -OCH3 is 1. The predicted molar refractivity (Wildman–Crippen MR) is 110 cm³/mol. The topological polar surface area (TPSA) is 92.8 Å². The van der Waals surface area contributed by atoms with E-state index in [1.807, 2.05) is 0 Å². The molecule has 2 aromatic carbocycles. The molecule has 0 aromatic heterocycles. The highest BCUT2D eigenvalue weighted by molar-refractivity contribution is 7.93. The van der Waals surface area contributed by atoms with Crippen LogP contribution in [-0.2, 0) is 20.0 Å². The maximum atomic E-state index is 12.9. The van der Waals surface area contributed by atoms with Gasteiger partial charge in [0.1, 0.15) is 5.75 Å². The molecule has 28 heavy (non-hydrogen) atoms. The fraction of sp³-hybridized carbons (Fsp3) is 0.333. The lowest BCUT2D eigenvalue weighted by Gasteiger charge is -2.19. The minimum Gasteiger partial charge on any atom is -0.494 e. The minimum absolute atomic E-state index is 0.0961. The molecule has 0 saturated carbocycles. The number of nitrogens with one attached hydrogen (secondary N) is 1. The molecule has 0 spiro atoms. The van der Waals surface area contributed by atoms with Crippen LogP contribution in [0.25, 0.3) is 0 Å². The van der Waals surface area contributed by atoms with Crippen LogP contribution in [0.5, 0.6) is 5.75 Å². The van der Waals surface area contributed by atoms with Crippen molar-refractivity contribution in [2.75, 3.05) is 28.4 Å². The third-order valence-electron chi connectivity index (χ3n) is 4.56. The fourth-order valence-corrected chi connectivity index (χ4v) is 6.25. The van der Waals surface area contributed by atoms with Crippen molar-refractivity contribution in [2.45, 2.75) is 25.2 Å².